The van der Waals surface area contributed by atoms with Gasteiger partial charge in [-0.1, -0.05) is 31.3 Å². The summed E-state index contributed by atoms with van der Waals surface area (Å²) in [7, 11) is 4.02. The van der Waals surface area contributed by atoms with Crippen molar-refractivity contribution in [1.29, 1.82) is 0 Å². The summed E-state index contributed by atoms with van der Waals surface area (Å²) in [6.07, 6.45) is 8.18. The van der Waals surface area contributed by atoms with Crippen LogP contribution in [0, 0.1) is 11.8 Å². The zero-order valence-corrected chi connectivity index (χ0v) is 14.4. The van der Waals surface area contributed by atoms with E-state index < -0.39 is 5.60 Å². The summed E-state index contributed by atoms with van der Waals surface area (Å²) in [5.74, 6) is 6.30. The fourth-order valence-electron chi connectivity index (χ4n) is 4.02. The highest BCUT2D eigenvalue weighted by Gasteiger charge is 2.52. The van der Waals surface area contributed by atoms with Crippen molar-refractivity contribution in [2.75, 3.05) is 33.7 Å². The van der Waals surface area contributed by atoms with Crippen molar-refractivity contribution in [1.82, 2.24) is 9.80 Å². The van der Waals surface area contributed by atoms with E-state index in [1.54, 1.807) is 6.08 Å². The second kappa shape index (κ2) is 6.51. The molecule has 3 rings (SSSR count). The summed E-state index contributed by atoms with van der Waals surface area (Å²) in [6, 6.07) is 0.281. The summed E-state index contributed by atoms with van der Waals surface area (Å²) in [6.45, 7) is 4.81. The highest BCUT2D eigenvalue weighted by Crippen LogP contribution is 2.45. The average molecular weight is 314 g/mol. The first-order valence-electron chi connectivity index (χ1n) is 8.60. The molecule has 3 heterocycles. The summed E-state index contributed by atoms with van der Waals surface area (Å²) in [4.78, 5) is 16.6. The molecule has 23 heavy (non-hydrogen) atoms. The number of hydrogen-bond acceptors (Lipinski definition) is 4. The lowest BCUT2D eigenvalue weighted by Gasteiger charge is -2.44. The van der Waals surface area contributed by atoms with E-state index in [0.717, 1.165) is 37.1 Å². The minimum absolute atomic E-state index is 0.213. The number of esters is 1. The molecule has 3 aliphatic rings. The molecule has 0 amide bonds. The van der Waals surface area contributed by atoms with Crippen molar-refractivity contribution in [2.24, 2.45) is 0 Å². The van der Waals surface area contributed by atoms with Crippen LogP contribution in [0.1, 0.15) is 32.6 Å². The predicted molar refractivity (Wildman–Crippen MR) is 90.8 cm³/mol. The van der Waals surface area contributed by atoms with Gasteiger partial charge in [0.05, 0.1) is 12.6 Å². The summed E-state index contributed by atoms with van der Waals surface area (Å²) in [5.41, 5.74) is 1.48. The number of piperidine rings is 1. The molecule has 4 heteroatoms. The van der Waals surface area contributed by atoms with Crippen LogP contribution < -0.4 is 0 Å². The van der Waals surface area contributed by atoms with Crippen LogP contribution in [0.4, 0.5) is 0 Å². The van der Waals surface area contributed by atoms with Crippen molar-refractivity contribution >= 4 is 5.97 Å². The zero-order chi connectivity index (χ0) is 16.4. The van der Waals surface area contributed by atoms with Crippen molar-refractivity contribution in [2.45, 2.75) is 44.2 Å². The van der Waals surface area contributed by atoms with Gasteiger partial charge >= 0.3 is 5.97 Å². The summed E-state index contributed by atoms with van der Waals surface area (Å²) < 4.78 is 5.92. The van der Waals surface area contributed by atoms with Gasteiger partial charge in [0.1, 0.15) is 0 Å². The van der Waals surface area contributed by atoms with Crippen molar-refractivity contribution in [3.8, 4) is 11.8 Å². The third kappa shape index (κ3) is 2.96. The highest BCUT2D eigenvalue weighted by atomic mass is 16.6. The first-order chi connectivity index (χ1) is 11.1. The Bertz CT molecular complexity index is 609. The minimum atomic E-state index is -0.507. The smallest absolute Gasteiger partial charge is 0.332 e. The molecule has 0 aromatic rings. The molecule has 0 N–H and O–H groups in total. The zero-order valence-electron chi connectivity index (χ0n) is 14.4. The Morgan fingerprint density at radius 3 is 3.00 bits per heavy atom. The number of carbonyl (C=O) groups excluding carboxylic acids is 1. The van der Waals surface area contributed by atoms with E-state index in [4.69, 9.17) is 4.74 Å². The lowest BCUT2D eigenvalue weighted by atomic mass is 9.78. The van der Waals surface area contributed by atoms with Gasteiger partial charge in [-0.05, 0) is 39.9 Å². The molecular formula is C19H26N2O2. The number of fused-ring (bicyclic) bond motifs is 3. The molecule has 0 saturated carbocycles. The van der Waals surface area contributed by atoms with E-state index >= 15 is 0 Å². The van der Waals surface area contributed by atoms with Crippen LogP contribution in [0.5, 0.6) is 0 Å². The highest BCUT2D eigenvalue weighted by molar-refractivity contribution is 5.89. The summed E-state index contributed by atoms with van der Waals surface area (Å²) in [5, 5.41) is 0. The molecule has 0 bridgehead atoms. The molecule has 4 nitrogen and oxygen atoms in total. The number of carbonyl (C=O) groups is 1. The molecule has 0 aromatic heterocycles. The van der Waals surface area contributed by atoms with Crippen molar-refractivity contribution in [3.05, 3.63) is 23.3 Å². The first kappa shape index (κ1) is 16.3. The average Bonchev–Trinajstić information content (AvgIpc) is 2.82. The largest absolute Gasteiger partial charge is 0.449 e. The second-order valence-corrected chi connectivity index (χ2v) is 6.89. The molecular weight excluding hydrogens is 288 g/mol. The molecule has 0 unspecified atom stereocenters. The Hall–Kier alpha value is -1.57. The van der Waals surface area contributed by atoms with Gasteiger partial charge in [0, 0.05) is 23.8 Å². The Morgan fingerprint density at radius 2 is 2.26 bits per heavy atom. The van der Waals surface area contributed by atoms with Gasteiger partial charge in [0.15, 0.2) is 5.60 Å². The van der Waals surface area contributed by atoms with E-state index in [-0.39, 0.29) is 12.0 Å². The van der Waals surface area contributed by atoms with Gasteiger partial charge < -0.3 is 4.74 Å². The van der Waals surface area contributed by atoms with E-state index in [9.17, 15) is 4.79 Å². The van der Waals surface area contributed by atoms with Gasteiger partial charge in [-0.3, -0.25) is 9.80 Å². The van der Waals surface area contributed by atoms with Gasteiger partial charge in [0.25, 0.3) is 0 Å². The molecule has 0 aromatic carbocycles. The Morgan fingerprint density at radius 1 is 1.43 bits per heavy atom. The van der Waals surface area contributed by atoms with Gasteiger partial charge in [-0.2, -0.15) is 0 Å². The van der Waals surface area contributed by atoms with Crippen LogP contribution in [-0.2, 0) is 9.53 Å². The Labute approximate surface area is 139 Å². The normalized spacial score (nSPS) is 30.4. The molecule has 1 saturated heterocycles. The number of nitrogens with zero attached hydrogens (tertiary/aromatic N) is 2. The topological polar surface area (TPSA) is 32.8 Å². The maximum absolute atomic E-state index is 12.1. The first-order valence-corrected chi connectivity index (χ1v) is 8.60. The van der Waals surface area contributed by atoms with Gasteiger partial charge in [-0.25, -0.2) is 4.79 Å². The lowest BCUT2D eigenvalue weighted by molar-refractivity contribution is -0.153. The molecule has 124 valence electrons. The number of hydrogen-bond donors (Lipinski definition) is 0. The third-order valence-corrected chi connectivity index (χ3v) is 5.12. The fourth-order valence-corrected chi connectivity index (χ4v) is 4.02. The van der Waals surface area contributed by atoms with Crippen LogP contribution in [0.15, 0.2) is 23.3 Å². The van der Waals surface area contributed by atoms with Crippen LogP contribution in [0.2, 0.25) is 0 Å². The van der Waals surface area contributed by atoms with E-state index in [2.05, 4.69) is 29.7 Å². The Balaban J connectivity index is 2.00. The number of rotatable bonds is 2. The van der Waals surface area contributed by atoms with Gasteiger partial charge in [-0.15, -0.1) is 0 Å². The maximum atomic E-state index is 12.1. The minimum Gasteiger partial charge on any atom is -0.449 e. The maximum Gasteiger partial charge on any atom is 0.332 e. The number of ether oxygens (including phenoxy) is 1. The molecule has 1 fully saturated rings. The van der Waals surface area contributed by atoms with Crippen LogP contribution in [0.3, 0.4) is 0 Å². The van der Waals surface area contributed by atoms with Gasteiger partial charge in [0.2, 0.25) is 0 Å². The van der Waals surface area contributed by atoms with Crippen LogP contribution in [0.25, 0.3) is 0 Å². The molecule has 2 atom stereocenters. The standard InChI is InChI=1S/C19H26N2O2/c1-4-19-16(14-18(22)23-19)15(8-7-11-20(2)3)10-13-21-12-6-5-9-17(19)21/h10,14,17H,4-6,9,11-13H2,1-3H3/t17-,19+/m1/s1. The van der Waals surface area contributed by atoms with Crippen LogP contribution >= 0.6 is 0 Å². The second-order valence-electron chi connectivity index (χ2n) is 6.89. The molecule has 0 aliphatic carbocycles. The van der Waals surface area contributed by atoms with E-state index in [1.165, 1.54) is 12.8 Å². The monoisotopic (exact) mass is 314 g/mol. The van der Waals surface area contributed by atoms with E-state index in [0.29, 0.717) is 6.54 Å². The molecule has 0 radical (unpaired) electrons. The predicted octanol–water partition coefficient (Wildman–Crippen LogP) is 1.98. The lowest BCUT2D eigenvalue weighted by Crippen LogP contribution is -2.55. The Kier molecular flexibility index (Phi) is 4.61. The molecule has 3 aliphatic heterocycles. The van der Waals surface area contributed by atoms with Crippen molar-refractivity contribution < 1.29 is 9.53 Å². The van der Waals surface area contributed by atoms with E-state index in [1.807, 2.05) is 19.0 Å². The quantitative estimate of drug-likeness (QED) is 0.576. The van der Waals surface area contributed by atoms with Crippen LogP contribution in [-0.4, -0.2) is 61.1 Å². The third-order valence-electron chi connectivity index (χ3n) is 5.12. The molecule has 0 spiro atoms. The van der Waals surface area contributed by atoms with Crippen molar-refractivity contribution in [3.63, 3.8) is 0 Å². The summed E-state index contributed by atoms with van der Waals surface area (Å²) >= 11 is 0. The SMILES string of the molecule is CC[C@]12OC(=O)C=C1C(C#CCN(C)C)=CCN1CCCC[C@@H]12. The fraction of sp³-hybridized carbons (Fsp3) is 0.632.